The van der Waals surface area contributed by atoms with Gasteiger partial charge in [0.25, 0.3) is 0 Å². The number of hydrogen-bond donors (Lipinski definition) is 1. The quantitative estimate of drug-likeness (QED) is 0.249. The normalized spacial score (nSPS) is 12.1. The van der Waals surface area contributed by atoms with E-state index in [2.05, 4.69) is 79.1 Å². The summed E-state index contributed by atoms with van der Waals surface area (Å²) in [6.45, 7) is 4.24. The fourth-order valence-corrected chi connectivity index (χ4v) is 6.30. The first-order chi connectivity index (χ1) is 20.1. The third-order valence-electron chi connectivity index (χ3n) is 8.50. The Kier molecular flexibility index (Phi) is 5.13. The van der Waals surface area contributed by atoms with Crippen molar-refractivity contribution >= 4 is 21.8 Å². The summed E-state index contributed by atoms with van der Waals surface area (Å²) >= 11 is 0. The number of aromatic nitrogens is 3. The van der Waals surface area contributed by atoms with Crippen LogP contribution in [0.15, 0.2) is 109 Å². The lowest BCUT2D eigenvalue weighted by molar-refractivity contribution is 0.477. The Bertz CT molecular complexity index is 2170. The van der Waals surface area contributed by atoms with Crippen molar-refractivity contribution in [1.82, 2.24) is 14.5 Å². The predicted octanol–water partition coefficient (Wildman–Crippen LogP) is 8.80. The molecule has 0 radical (unpaired) electrons. The summed E-state index contributed by atoms with van der Waals surface area (Å²) in [6.07, 6.45) is 2.92. The van der Waals surface area contributed by atoms with E-state index in [0.717, 1.165) is 45.8 Å². The van der Waals surface area contributed by atoms with Crippen molar-refractivity contribution in [1.29, 1.82) is 0 Å². The average molecular weight is 530 g/mol. The van der Waals surface area contributed by atoms with E-state index in [-0.39, 0.29) is 5.75 Å². The average Bonchev–Trinajstić information content (AvgIpc) is 3.54. The van der Waals surface area contributed by atoms with Crippen molar-refractivity contribution in [2.45, 2.75) is 20.3 Å². The molecule has 4 aromatic carbocycles. The molecule has 1 aliphatic carbocycles. The van der Waals surface area contributed by atoms with Crippen LogP contribution in [-0.2, 0) is 6.42 Å². The molecular formula is C37H27N3O. The smallest absolute Gasteiger partial charge is 0.137 e. The lowest BCUT2D eigenvalue weighted by atomic mass is 9.98. The van der Waals surface area contributed by atoms with Gasteiger partial charge in [0.2, 0.25) is 0 Å². The van der Waals surface area contributed by atoms with Crippen LogP contribution in [-0.4, -0.2) is 19.6 Å². The molecule has 1 N–H and O–H groups in total. The minimum absolute atomic E-state index is 0.225. The fourth-order valence-electron chi connectivity index (χ4n) is 6.30. The maximum absolute atomic E-state index is 10.4. The first-order valence-corrected chi connectivity index (χ1v) is 13.9. The van der Waals surface area contributed by atoms with Crippen LogP contribution in [0, 0.1) is 13.8 Å². The van der Waals surface area contributed by atoms with Gasteiger partial charge < -0.3 is 5.11 Å². The standard InChI is InChI=1S/C37H27N3O/c1-22-18-35(38-21-23(22)2)40-32-17-15-26-19-24-8-3-4-9-27(24)36(26)37(32)29-16-14-25(20-33(29)40)30-11-7-12-31(39-30)28-10-5-6-13-34(28)41/h3-18,20-21,41H,19H2,1-2H3. The van der Waals surface area contributed by atoms with Gasteiger partial charge in [0.1, 0.15) is 11.6 Å². The number of benzene rings is 4. The number of phenols is 1. The molecule has 4 nitrogen and oxygen atoms in total. The van der Waals surface area contributed by atoms with Gasteiger partial charge in [0.05, 0.1) is 22.4 Å². The van der Waals surface area contributed by atoms with Crippen molar-refractivity contribution in [3.05, 3.63) is 132 Å². The van der Waals surface area contributed by atoms with E-state index >= 15 is 0 Å². The van der Waals surface area contributed by atoms with Gasteiger partial charge in [-0.2, -0.15) is 0 Å². The van der Waals surface area contributed by atoms with Crippen molar-refractivity contribution in [3.8, 4) is 45.2 Å². The Morgan fingerprint density at radius 3 is 2.34 bits per heavy atom. The van der Waals surface area contributed by atoms with Crippen LogP contribution >= 0.6 is 0 Å². The minimum Gasteiger partial charge on any atom is -0.507 e. The molecule has 196 valence electrons. The number of pyridine rings is 2. The van der Waals surface area contributed by atoms with Crippen molar-refractivity contribution < 1.29 is 5.11 Å². The van der Waals surface area contributed by atoms with Crippen LogP contribution in [0.5, 0.6) is 5.75 Å². The summed E-state index contributed by atoms with van der Waals surface area (Å²) in [7, 11) is 0. The van der Waals surface area contributed by atoms with Crippen molar-refractivity contribution in [2.24, 2.45) is 0 Å². The lowest BCUT2D eigenvalue weighted by Crippen LogP contribution is -1.99. The number of rotatable bonds is 3. The van der Waals surface area contributed by atoms with Crippen LogP contribution in [0.2, 0.25) is 0 Å². The monoisotopic (exact) mass is 529 g/mol. The molecule has 1 aliphatic rings. The molecule has 0 unspecified atom stereocenters. The highest BCUT2D eigenvalue weighted by Crippen LogP contribution is 2.46. The van der Waals surface area contributed by atoms with E-state index in [4.69, 9.17) is 9.97 Å². The van der Waals surface area contributed by atoms with Gasteiger partial charge in [0.15, 0.2) is 0 Å². The van der Waals surface area contributed by atoms with Gasteiger partial charge >= 0.3 is 0 Å². The van der Waals surface area contributed by atoms with Crippen LogP contribution in [0.1, 0.15) is 22.3 Å². The highest BCUT2D eigenvalue weighted by atomic mass is 16.3. The highest BCUT2D eigenvalue weighted by Gasteiger charge is 2.25. The fraction of sp³-hybridized carbons (Fsp3) is 0.0811. The second-order valence-electron chi connectivity index (χ2n) is 10.9. The summed E-state index contributed by atoms with van der Waals surface area (Å²) in [4.78, 5) is 9.87. The van der Waals surface area contributed by atoms with Gasteiger partial charge in [0, 0.05) is 28.1 Å². The minimum atomic E-state index is 0.225. The van der Waals surface area contributed by atoms with Crippen LogP contribution in [0.4, 0.5) is 0 Å². The Hall–Kier alpha value is -5.22. The summed E-state index contributed by atoms with van der Waals surface area (Å²) in [5, 5.41) is 12.9. The Morgan fingerprint density at radius 1 is 0.683 bits per heavy atom. The largest absolute Gasteiger partial charge is 0.507 e. The Balaban J connectivity index is 1.41. The van der Waals surface area contributed by atoms with Gasteiger partial charge in [-0.1, -0.05) is 60.7 Å². The lowest BCUT2D eigenvalue weighted by Gasteiger charge is -2.11. The molecule has 4 heteroatoms. The van der Waals surface area contributed by atoms with Gasteiger partial charge in [-0.15, -0.1) is 0 Å². The molecule has 3 heterocycles. The van der Waals surface area contributed by atoms with E-state index in [1.807, 2.05) is 42.6 Å². The molecule has 0 atom stereocenters. The first kappa shape index (κ1) is 23.6. The zero-order chi connectivity index (χ0) is 27.7. The molecule has 0 amide bonds. The number of nitrogens with zero attached hydrogens (tertiary/aromatic N) is 3. The van der Waals surface area contributed by atoms with Gasteiger partial charge in [-0.25, -0.2) is 9.97 Å². The molecule has 0 bridgehead atoms. The van der Waals surface area contributed by atoms with E-state index < -0.39 is 0 Å². The number of para-hydroxylation sites is 1. The maximum Gasteiger partial charge on any atom is 0.137 e. The van der Waals surface area contributed by atoms with E-state index in [1.54, 1.807) is 6.07 Å². The molecule has 0 aliphatic heterocycles. The van der Waals surface area contributed by atoms with Crippen molar-refractivity contribution in [2.75, 3.05) is 0 Å². The summed E-state index contributed by atoms with van der Waals surface area (Å²) in [6, 6.07) is 35.4. The molecule has 8 rings (SSSR count). The highest BCUT2D eigenvalue weighted by molar-refractivity contribution is 6.17. The molecular weight excluding hydrogens is 502 g/mol. The second kappa shape index (κ2) is 8.90. The molecule has 0 fully saturated rings. The molecule has 7 aromatic rings. The molecule has 0 saturated carbocycles. The number of fused-ring (bicyclic) bond motifs is 7. The zero-order valence-electron chi connectivity index (χ0n) is 22.9. The number of phenolic OH excluding ortho intramolecular Hbond substituents is 1. The van der Waals surface area contributed by atoms with E-state index in [0.29, 0.717) is 0 Å². The number of aryl methyl sites for hydroxylation is 2. The summed E-state index contributed by atoms with van der Waals surface area (Å²) in [5.41, 5.74) is 13.4. The second-order valence-corrected chi connectivity index (χ2v) is 10.9. The third-order valence-corrected chi connectivity index (χ3v) is 8.50. The van der Waals surface area contributed by atoms with Gasteiger partial charge in [-0.05, 0) is 96.1 Å². The zero-order valence-corrected chi connectivity index (χ0v) is 22.9. The topological polar surface area (TPSA) is 50.9 Å². The van der Waals surface area contributed by atoms with Crippen molar-refractivity contribution in [3.63, 3.8) is 0 Å². The summed E-state index contributed by atoms with van der Waals surface area (Å²) < 4.78 is 2.30. The van der Waals surface area contributed by atoms with E-state index in [1.165, 1.54) is 44.2 Å². The Morgan fingerprint density at radius 2 is 1.49 bits per heavy atom. The van der Waals surface area contributed by atoms with Crippen LogP contribution < -0.4 is 0 Å². The van der Waals surface area contributed by atoms with Crippen LogP contribution in [0.3, 0.4) is 0 Å². The number of hydrogen-bond acceptors (Lipinski definition) is 3. The van der Waals surface area contributed by atoms with Crippen LogP contribution in [0.25, 0.3) is 61.3 Å². The predicted molar refractivity (Wildman–Crippen MR) is 167 cm³/mol. The van der Waals surface area contributed by atoms with E-state index in [9.17, 15) is 5.11 Å². The Labute approximate surface area is 238 Å². The van der Waals surface area contributed by atoms with Gasteiger partial charge in [-0.3, -0.25) is 4.57 Å². The third kappa shape index (κ3) is 3.61. The number of aromatic hydroxyl groups is 1. The maximum atomic E-state index is 10.4. The first-order valence-electron chi connectivity index (χ1n) is 13.9. The molecule has 0 spiro atoms. The summed E-state index contributed by atoms with van der Waals surface area (Å²) in [5.74, 6) is 1.13. The molecule has 0 saturated heterocycles. The SMILES string of the molecule is Cc1cnc(-n2c3cc(-c4cccc(-c5ccccc5O)n4)ccc3c3c4c(ccc32)Cc2ccccc2-4)cc1C. The molecule has 3 aromatic heterocycles. The molecule has 41 heavy (non-hydrogen) atoms.